The molecule has 1 N–H and O–H groups in total. The summed E-state index contributed by atoms with van der Waals surface area (Å²) in [4.78, 5) is 23.3. The zero-order valence-corrected chi connectivity index (χ0v) is 11.4. The number of nitrogens with zero attached hydrogens (tertiary/aromatic N) is 1. The zero-order valence-electron chi connectivity index (χ0n) is 11.4. The van der Waals surface area contributed by atoms with Crippen molar-refractivity contribution >= 4 is 22.7 Å². The van der Waals surface area contributed by atoms with E-state index in [0.717, 1.165) is 11.9 Å². The molecule has 19 heavy (non-hydrogen) atoms. The molecule has 102 valence electrons. The number of amides is 1. The molecule has 0 spiro atoms. The number of benzene rings is 1. The van der Waals surface area contributed by atoms with Crippen LogP contribution in [0.25, 0.3) is 11.1 Å². The smallest absolute Gasteiger partial charge is 0.408 e. The van der Waals surface area contributed by atoms with Gasteiger partial charge in [-0.25, -0.2) is 4.79 Å². The normalized spacial score (nSPS) is 11.2. The van der Waals surface area contributed by atoms with Crippen LogP contribution in [0.1, 0.15) is 27.2 Å². The van der Waals surface area contributed by atoms with Gasteiger partial charge in [-0.1, -0.05) is 20.8 Å². The second-order valence-electron chi connectivity index (χ2n) is 4.85. The van der Waals surface area contributed by atoms with Crippen LogP contribution >= 0.6 is 0 Å². The van der Waals surface area contributed by atoms with Crippen molar-refractivity contribution in [3.8, 4) is 0 Å². The van der Waals surface area contributed by atoms with Crippen LogP contribution in [-0.2, 0) is 11.3 Å². The van der Waals surface area contributed by atoms with Gasteiger partial charge in [-0.15, -0.1) is 0 Å². The van der Waals surface area contributed by atoms with Gasteiger partial charge in [0.05, 0.1) is 5.52 Å². The summed E-state index contributed by atoms with van der Waals surface area (Å²) in [6.07, 6.45) is 0.861. The molecule has 0 bridgehead atoms. The third-order valence-electron chi connectivity index (χ3n) is 2.91. The van der Waals surface area contributed by atoms with Gasteiger partial charge >= 0.3 is 5.76 Å². The third kappa shape index (κ3) is 2.70. The van der Waals surface area contributed by atoms with Gasteiger partial charge in [-0.05, 0) is 18.6 Å². The quantitative estimate of drug-likeness (QED) is 0.921. The summed E-state index contributed by atoms with van der Waals surface area (Å²) in [5, 5.41) is 2.78. The Bertz CT molecular complexity index is 652. The monoisotopic (exact) mass is 262 g/mol. The number of hydrogen-bond acceptors (Lipinski definition) is 3. The summed E-state index contributed by atoms with van der Waals surface area (Å²) in [6.45, 7) is 6.28. The molecule has 5 nitrogen and oxygen atoms in total. The van der Waals surface area contributed by atoms with E-state index in [1.165, 1.54) is 0 Å². The predicted octanol–water partition coefficient (Wildman–Crippen LogP) is 2.60. The molecule has 1 heterocycles. The van der Waals surface area contributed by atoms with Crippen LogP contribution in [0, 0.1) is 5.92 Å². The van der Waals surface area contributed by atoms with Crippen molar-refractivity contribution in [3.63, 3.8) is 0 Å². The van der Waals surface area contributed by atoms with Gasteiger partial charge in [-0.3, -0.25) is 9.36 Å². The minimum absolute atomic E-state index is 0.0605. The van der Waals surface area contributed by atoms with Gasteiger partial charge in [0.1, 0.15) is 0 Å². The number of carbonyl (C=O) groups is 1. The lowest BCUT2D eigenvalue weighted by atomic mass is 10.2. The van der Waals surface area contributed by atoms with E-state index >= 15 is 0 Å². The van der Waals surface area contributed by atoms with E-state index in [1.54, 1.807) is 22.8 Å². The van der Waals surface area contributed by atoms with E-state index in [9.17, 15) is 9.59 Å². The predicted molar refractivity (Wildman–Crippen MR) is 74.2 cm³/mol. The molecule has 0 saturated heterocycles. The van der Waals surface area contributed by atoms with Gasteiger partial charge in [0.2, 0.25) is 5.91 Å². The molecule has 1 aromatic carbocycles. The largest absolute Gasteiger partial charge is 0.419 e. The van der Waals surface area contributed by atoms with Gasteiger partial charge in [0.15, 0.2) is 5.58 Å². The summed E-state index contributed by atoms with van der Waals surface area (Å²) < 4.78 is 6.79. The first kappa shape index (κ1) is 13.4. The molecule has 0 radical (unpaired) electrons. The summed E-state index contributed by atoms with van der Waals surface area (Å²) in [5.41, 5.74) is 1.90. The van der Waals surface area contributed by atoms with Crippen LogP contribution in [0.4, 0.5) is 5.69 Å². The average molecular weight is 262 g/mol. The number of aryl methyl sites for hydroxylation is 1. The fraction of sp³-hybridized carbons (Fsp3) is 0.429. The maximum absolute atomic E-state index is 11.7. The molecular weight excluding hydrogens is 244 g/mol. The lowest BCUT2D eigenvalue weighted by molar-refractivity contribution is -0.118. The fourth-order valence-corrected chi connectivity index (χ4v) is 1.87. The lowest BCUT2D eigenvalue weighted by Crippen LogP contribution is -2.17. The third-order valence-corrected chi connectivity index (χ3v) is 2.91. The molecule has 0 saturated carbocycles. The van der Waals surface area contributed by atoms with Crippen LogP contribution in [0.5, 0.6) is 0 Å². The Morgan fingerprint density at radius 3 is 2.79 bits per heavy atom. The number of aromatic nitrogens is 1. The minimum Gasteiger partial charge on any atom is -0.408 e. The summed E-state index contributed by atoms with van der Waals surface area (Å²) >= 11 is 0. The molecule has 0 aliphatic rings. The molecule has 0 atom stereocenters. The van der Waals surface area contributed by atoms with Crippen LogP contribution in [0.3, 0.4) is 0 Å². The summed E-state index contributed by atoms with van der Waals surface area (Å²) in [7, 11) is 0. The molecule has 0 unspecified atom stereocenters. The zero-order chi connectivity index (χ0) is 14.0. The first-order valence-electron chi connectivity index (χ1n) is 6.47. The number of carbonyl (C=O) groups excluding carboxylic acids is 1. The SMILES string of the molecule is CCCn1c(=O)oc2cc(NC(=O)C(C)C)ccc21. The van der Waals surface area contributed by atoms with Crippen LogP contribution < -0.4 is 11.1 Å². The van der Waals surface area contributed by atoms with Crippen LogP contribution in [0.2, 0.25) is 0 Å². The Morgan fingerprint density at radius 1 is 1.42 bits per heavy atom. The summed E-state index contributed by atoms with van der Waals surface area (Å²) in [6, 6.07) is 5.26. The molecule has 0 aliphatic heterocycles. The number of rotatable bonds is 4. The fourth-order valence-electron chi connectivity index (χ4n) is 1.87. The highest BCUT2D eigenvalue weighted by molar-refractivity contribution is 5.93. The highest BCUT2D eigenvalue weighted by Gasteiger charge is 2.11. The standard InChI is InChI=1S/C14H18N2O3/c1-4-7-16-11-6-5-10(15-13(17)9(2)3)8-12(11)19-14(16)18/h5-6,8-9H,4,7H2,1-3H3,(H,15,17). The topological polar surface area (TPSA) is 64.2 Å². The van der Waals surface area contributed by atoms with E-state index in [-0.39, 0.29) is 17.6 Å². The number of fused-ring (bicyclic) bond motifs is 1. The van der Waals surface area contributed by atoms with E-state index < -0.39 is 0 Å². The first-order valence-corrected chi connectivity index (χ1v) is 6.47. The Balaban J connectivity index is 2.37. The number of hydrogen-bond donors (Lipinski definition) is 1. The second kappa shape index (κ2) is 5.30. The van der Waals surface area contributed by atoms with E-state index in [4.69, 9.17) is 4.42 Å². The van der Waals surface area contributed by atoms with Gasteiger partial charge in [-0.2, -0.15) is 0 Å². The van der Waals surface area contributed by atoms with Crippen molar-refractivity contribution in [1.82, 2.24) is 4.57 Å². The van der Waals surface area contributed by atoms with Crippen molar-refractivity contribution in [1.29, 1.82) is 0 Å². The minimum atomic E-state index is -0.357. The number of oxazole rings is 1. The van der Waals surface area contributed by atoms with Gasteiger partial charge < -0.3 is 9.73 Å². The molecule has 1 amide bonds. The second-order valence-corrected chi connectivity index (χ2v) is 4.85. The van der Waals surface area contributed by atoms with Crippen molar-refractivity contribution in [2.24, 2.45) is 5.92 Å². The van der Waals surface area contributed by atoms with Gasteiger partial charge in [0.25, 0.3) is 0 Å². The van der Waals surface area contributed by atoms with Crippen molar-refractivity contribution in [3.05, 3.63) is 28.7 Å². The van der Waals surface area contributed by atoms with Gasteiger partial charge in [0, 0.05) is 24.2 Å². The molecule has 2 rings (SSSR count). The average Bonchev–Trinajstić information content (AvgIpc) is 2.65. The molecule has 0 fully saturated rings. The van der Waals surface area contributed by atoms with E-state index in [0.29, 0.717) is 17.8 Å². The maximum atomic E-state index is 11.7. The highest BCUT2D eigenvalue weighted by atomic mass is 16.4. The molecule has 5 heteroatoms. The lowest BCUT2D eigenvalue weighted by Gasteiger charge is -2.07. The highest BCUT2D eigenvalue weighted by Crippen LogP contribution is 2.19. The summed E-state index contributed by atoms with van der Waals surface area (Å²) in [5.74, 6) is -0.508. The molecular formula is C14H18N2O3. The van der Waals surface area contributed by atoms with Crippen molar-refractivity contribution in [2.75, 3.05) is 5.32 Å². The van der Waals surface area contributed by atoms with Crippen molar-refractivity contribution < 1.29 is 9.21 Å². The number of anilines is 1. The van der Waals surface area contributed by atoms with E-state index in [2.05, 4.69) is 5.32 Å². The maximum Gasteiger partial charge on any atom is 0.419 e. The first-order chi connectivity index (χ1) is 9.02. The number of nitrogens with one attached hydrogen (secondary N) is 1. The van der Waals surface area contributed by atoms with E-state index in [1.807, 2.05) is 20.8 Å². The Kier molecular flexibility index (Phi) is 3.74. The van der Waals surface area contributed by atoms with Crippen molar-refractivity contribution in [2.45, 2.75) is 33.7 Å². The van der Waals surface area contributed by atoms with Crippen LogP contribution in [-0.4, -0.2) is 10.5 Å². The molecule has 1 aromatic heterocycles. The van der Waals surface area contributed by atoms with Crippen LogP contribution in [0.15, 0.2) is 27.4 Å². The molecule has 0 aliphatic carbocycles. The Labute approximate surface area is 111 Å². The Morgan fingerprint density at radius 2 is 2.16 bits per heavy atom. The Hall–Kier alpha value is -2.04. The molecule has 2 aromatic rings.